The summed E-state index contributed by atoms with van der Waals surface area (Å²) in [5.74, 6) is -0.154. The van der Waals surface area contributed by atoms with Crippen molar-refractivity contribution in [3.05, 3.63) is 40.9 Å². The Balaban J connectivity index is 0.000000230. The molecule has 5 nitrogen and oxygen atoms in total. The van der Waals surface area contributed by atoms with Gasteiger partial charge in [0.25, 0.3) is 0 Å². The van der Waals surface area contributed by atoms with Gasteiger partial charge in [-0.1, -0.05) is 44.9 Å². The summed E-state index contributed by atoms with van der Waals surface area (Å²) in [6, 6.07) is 7.53. The lowest BCUT2D eigenvalue weighted by molar-refractivity contribution is -0.146. The van der Waals surface area contributed by atoms with Crippen LogP contribution in [0.15, 0.2) is 35.3 Å². The number of ether oxygens (including phenoxy) is 1. The normalized spacial score (nSPS) is 11.4. The third-order valence-electron chi connectivity index (χ3n) is 3.44. The summed E-state index contributed by atoms with van der Waals surface area (Å²) in [6.45, 7) is 5.70. The number of unbranched alkanes of at least 4 members (excludes halogenated alkanes) is 2. The lowest BCUT2D eigenvalue weighted by Gasteiger charge is -2.14. The molecular weight excluding hydrogens is 292 g/mol. The first-order valence-electron chi connectivity index (χ1n) is 8.18. The fourth-order valence-electron chi connectivity index (χ4n) is 2.20. The number of hydrogen-bond acceptors (Lipinski definition) is 4. The number of carbonyl (C=O) groups is 1. The average molecular weight is 318 g/mol. The topological polar surface area (TPSA) is 72.1 Å². The first-order chi connectivity index (χ1) is 11.1. The first-order valence-corrected chi connectivity index (χ1v) is 8.18. The van der Waals surface area contributed by atoms with Crippen molar-refractivity contribution >= 4 is 16.9 Å². The molecule has 0 fully saturated rings. The number of rotatable bonds is 6. The van der Waals surface area contributed by atoms with Crippen molar-refractivity contribution in [2.24, 2.45) is 0 Å². The molecule has 1 heterocycles. The highest BCUT2D eigenvalue weighted by atomic mass is 16.5. The molecule has 5 heteroatoms. The number of nitrogens with zero attached hydrogens (tertiary/aromatic N) is 1. The fourth-order valence-corrected chi connectivity index (χ4v) is 2.20. The molecule has 0 aliphatic heterocycles. The molecule has 1 aromatic heterocycles. The molecule has 0 radical (unpaired) electrons. The van der Waals surface area contributed by atoms with Gasteiger partial charge in [-0.25, -0.2) is 9.78 Å². The number of benzene rings is 1. The monoisotopic (exact) mass is 318 g/mol. The standard InChI is InChI=1S/C10H20O2.C8H6N2O/c1-4-6-7-8-10(5-2)12-9(3)11;11-8-9-5-6-3-1-2-4-7(6)10-8/h10H,4-8H2,1-3H3;1-5H,(H,9,10,11). The van der Waals surface area contributed by atoms with E-state index in [1.54, 1.807) is 6.20 Å². The molecule has 2 rings (SSSR count). The van der Waals surface area contributed by atoms with Crippen LogP contribution in [0.1, 0.15) is 52.9 Å². The number of aromatic amines is 1. The van der Waals surface area contributed by atoms with Crippen molar-refractivity contribution in [3.63, 3.8) is 0 Å². The van der Waals surface area contributed by atoms with Gasteiger partial charge in [-0.15, -0.1) is 0 Å². The zero-order valence-electron chi connectivity index (χ0n) is 14.2. The van der Waals surface area contributed by atoms with E-state index in [1.807, 2.05) is 24.3 Å². The Bertz CT molecular complexity index is 652. The van der Waals surface area contributed by atoms with Crippen LogP contribution in [0.3, 0.4) is 0 Å². The van der Waals surface area contributed by atoms with E-state index in [4.69, 9.17) is 4.74 Å². The van der Waals surface area contributed by atoms with Crippen molar-refractivity contribution in [1.82, 2.24) is 9.97 Å². The first kappa shape index (κ1) is 18.9. The Hall–Kier alpha value is -2.17. The van der Waals surface area contributed by atoms with E-state index >= 15 is 0 Å². The van der Waals surface area contributed by atoms with E-state index in [9.17, 15) is 9.59 Å². The molecule has 0 spiro atoms. The minimum Gasteiger partial charge on any atom is -0.463 e. The van der Waals surface area contributed by atoms with Gasteiger partial charge in [0.1, 0.15) is 6.10 Å². The Morgan fingerprint density at radius 2 is 2.00 bits per heavy atom. The number of carbonyl (C=O) groups excluding carboxylic acids is 1. The van der Waals surface area contributed by atoms with Crippen LogP contribution in [-0.2, 0) is 9.53 Å². The zero-order chi connectivity index (χ0) is 17.1. The predicted octanol–water partition coefficient (Wildman–Crippen LogP) is 3.83. The smallest absolute Gasteiger partial charge is 0.345 e. The minimum absolute atomic E-state index is 0.147. The molecule has 0 amide bonds. The van der Waals surface area contributed by atoms with Crippen LogP contribution in [0.2, 0.25) is 0 Å². The second kappa shape index (κ2) is 10.5. The van der Waals surface area contributed by atoms with Gasteiger partial charge in [-0.2, -0.15) is 0 Å². The largest absolute Gasteiger partial charge is 0.463 e. The summed E-state index contributed by atoms with van der Waals surface area (Å²) < 4.78 is 5.11. The van der Waals surface area contributed by atoms with Crippen molar-refractivity contribution in [3.8, 4) is 0 Å². The molecular formula is C18H26N2O3. The Labute approximate surface area is 137 Å². The third kappa shape index (κ3) is 7.58. The van der Waals surface area contributed by atoms with E-state index in [2.05, 4.69) is 23.8 Å². The van der Waals surface area contributed by atoms with Gasteiger partial charge in [0.2, 0.25) is 0 Å². The molecule has 1 aromatic carbocycles. The number of esters is 1. The van der Waals surface area contributed by atoms with Gasteiger partial charge >= 0.3 is 11.7 Å². The minimum atomic E-state index is -0.302. The lowest BCUT2D eigenvalue weighted by Crippen LogP contribution is -2.14. The van der Waals surface area contributed by atoms with E-state index in [1.165, 1.54) is 26.2 Å². The highest BCUT2D eigenvalue weighted by Crippen LogP contribution is 2.09. The molecule has 0 aliphatic carbocycles. The zero-order valence-corrected chi connectivity index (χ0v) is 14.2. The maximum atomic E-state index is 10.7. The molecule has 1 N–H and O–H groups in total. The fraction of sp³-hybridized carbons (Fsp3) is 0.500. The molecule has 1 atom stereocenters. The lowest BCUT2D eigenvalue weighted by atomic mass is 10.1. The summed E-state index contributed by atoms with van der Waals surface area (Å²) in [5.41, 5.74) is 0.524. The highest BCUT2D eigenvalue weighted by molar-refractivity contribution is 5.76. The van der Waals surface area contributed by atoms with Gasteiger partial charge in [-0.3, -0.25) is 4.79 Å². The molecule has 0 saturated carbocycles. The van der Waals surface area contributed by atoms with Crippen LogP contribution in [0.4, 0.5) is 0 Å². The predicted molar refractivity (Wildman–Crippen MR) is 92.4 cm³/mol. The maximum absolute atomic E-state index is 10.7. The summed E-state index contributed by atoms with van der Waals surface area (Å²) >= 11 is 0. The van der Waals surface area contributed by atoms with Gasteiger partial charge in [0.05, 0.1) is 5.52 Å². The summed E-state index contributed by atoms with van der Waals surface area (Å²) in [7, 11) is 0. The van der Waals surface area contributed by atoms with Crippen molar-refractivity contribution < 1.29 is 9.53 Å². The Kier molecular flexibility index (Phi) is 8.65. The van der Waals surface area contributed by atoms with Gasteiger partial charge in [-0.05, 0) is 25.3 Å². The molecule has 0 saturated heterocycles. The van der Waals surface area contributed by atoms with Crippen LogP contribution in [-0.4, -0.2) is 22.0 Å². The highest BCUT2D eigenvalue weighted by Gasteiger charge is 2.07. The average Bonchev–Trinajstić information content (AvgIpc) is 2.54. The maximum Gasteiger partial charge on any atom is 0.345 e. The van der Waals surface area contributed by atoms with Gasteiger partial charge in [0.15, 0.2) is 0 Å². The van der Waals surface area contributed by atoms with Crippen LogP contribution in [0.25, 0.3) is 10.9 Å². The van der Waals surface area contributed by atoms with E-state index in [0.29, 0.717) is 0 Å². The molecule has 0 bridgehead atoms. The van der Waals surface area contributed by atoms with Crippen LogP contribution < -0.4 is 5.69 Å². The van der Waals surface area contributed by atoms with Crippen LogP contribution >= 0.6 is 0 Å². The van der Waals surface area contributed by atoms with Gasteiger partial charge < -0.3 is 9.72 Å². The number of para-hydroxylation sites is 1. The summed E-state index contributed by atoms with van der Waals surface area (Å²) in [5, 5.41) is 0.951. The molecule has 1 unspecified atom stereocenters. The van der Waals surface area contributed by atoms with Crippen LogP contribution in [0.5, 0.6) is 0 Å². The SMILES string of the molecule is CCCCCC(CC)OC(C)=O.O=c1ncc2ccccc2[nH]1. The number of nitrogens with one attached hydrogen (secondary N) is 1. The number of H-pyrrole nitrogens is 1. The molecule has 23 heavy (non-hydrogen) atoms. The molecule has 0 aliphatic rings. The van der Waals surface area contributed by atoms with Gasteiger partial charge in [0, 0.05) is 18.5 Å². The summed E-state index contributed by atoms with van der Waals surface area (Å²) in [6.07, 6.45) is 7.28. The molecule has 126 valence electrons. The quantitative estimate of drug-likeness (QED) is 0.649. The Morgan fingerprint density at radius 1 is 1.26 bits per heavy atom. The second-order valence-electron chi connectivity index (χ2n) is 5.41. The molecule has 2 aromatic rings. The van der Waals surface area contributed by atoms with E-state index in [-0.39, 0.29) is 17.8 Å². The van der Waals surface area contributed by atoms with Crippen LogP contribution in [0, 0.1) is 0 Å². The third-order valence-corrected chi connectivity index (χ3v) is 3.44. The number of fused-ring (bicyclic) bond motifs is 1. The number of hydrogen-bond donors (Lipinski definition) is 1. The van der Waals surface area contributed by atoms with Crippen molar-refractivity contribution in [1.29, 1.82) is 0 Å². The van der Waals surface area contributed by atoms with E-state index < -0.39 is 0 Å². The van der Waals surface area contributed by atoms with Crippen molar-refractivity contribution in [2.45, 2.75) is 59.0 Å². The Morgan fingerprint density at radius 3 is 2.65 bits per heavy atom. The number of aromatic nitrogens is 2. The summed E-state index contributed by atoms with van der Waals surface area (Å²) in [4.78, 5) is 27.6. The van der Waals surface area contributed by atoms with Crippen molar-refractivity contribution in [2.75, 3.05) is 0 Å². The van der Waals surface area contributed by atoms with E-state index in [0.717, 1.165) is 23.7 Å². The second-order valence-corrected chi connectivity index (χ2v) is 5.41.